The van der Waals surface area contributed by atoms with Crippen LogP contribution in [-0.2, 0) is 9.59 Å². The van der Waals surface area contributed by atoms with Crippen molar-refractivity contribution in [2.75, 3.05) is 26.2 Å². The molecule has 1 fully saturated rings. The van der Waals surface area contributed by atoms with Gasteiger partial charge in [0.2, 0.25) is 11.8 Å². The molecule has 164 valence electrons. The van der Waals surface area contributed by atoms with Gasteiger partial charge in [0.05, 0.1) is 0 Å². The Balaban J connectivity index is 2.58. The maximum Gasteiger partial charge on any atom is 0.225 e. The van der Waals surface area contributed by atoms with Crippen molar-refractivity contribution in [1.82, 2.24) is 9.80 Å². The highest BCUT2D eigenvalue weighted by molar-refractivity contribution is 5.81. The van der Waals surface area contributed by atoms with Crippen LogP contribution in [0.4, 0.5) is 0 Å². The van der Waals surface area contributed by atoms with Crippen LogP contribution in [0.5, 0.6) is 0 Å². The van der Waals surface area contributed by atoms with Gasteiger partial charge in [0.1, 0.15) is 0 Å². The SMILES string of the molecule is CCCCN(CCCC)C(=O)C1CCC(C(=O)N(CCCC)CCCC)CC1. The molecule has 0 aliphatic heterocycles. The van der Waals surface area contributed by atoms with Gasteiger partial charge in [-0.1, -0.05) is 53.4 Å². The molecule has 4 heteroatoms. The molecule has 0 atom stereocenters. The van der Waals surface area contributed by atoms with Gasteiger partial charge >= 0.3 is 0 Å². The number of hydrogen-bond acceptors (Lipinski definition) is 2. The van der Waals surface area contributed by atoms with Crippen molar-refractivity contribution in [2.24, 2.45) is 11.8 Å². The molecular weight excluding hydrogens is 348 g/mol. The van der Waals surface area contributed by atoms with E-state index in [4.69, 9.17) is 0 Å². The summed E-state index contributed by atoms with van der Waals surface area (Å²) in [5.41, 5.74) is 0. The Bertz CT molecular complexity index is 374. The van der Waals surface area contributed by atoms with Gasteiger partial charge in [-0.25, -0.2) is 0 Å². The number of carbonyl (C=O) groups excluding carboxylic acids is 2. The fourth-order valence-corrected chi connectivity index (χ4v) is 4.16. The molecule has 1 aliphatic rings. The minimum absolute atomic E-state index is 0.137. The van der Waals surface area contributed by atoms with E-state index in [1.54, 1.807) is 0 Å². The van der Waals surface area contributed by atoms with E-state index in [2.05, 4.69) is 37.5 Å². The molecule has 4 nitrogen and oxygen atoms in total. The largest absolute Gasteiger partial charge is 0.342 e. The molecule has 0 aromatic heterocycles. The molecule has 0 radical (unpaired) electrons. The molecule has 0 spiro atoms. The normalized spacial score (nSPS) is 19.4. The quantitative estimate of drug-likeness (QED) is 0.382. The van der Waals surface area contributed by atoms with E-state index in [1.807, 2.05) is 0 Å². The van der Waals surface area contributed by atoms with Crippen LogP contribution >= 0.6 is 0 Å². The van der Waals surface area contributed by atoms with Gasteiger partial charge in [-0.05, 0) is 51.4 Å². The lowest BCUT2D eigenvalue weighted by Crippen LogP contribution is -2.42. The number of unbranched alkanes of at least 4 members (excludes halogenated alkanes) is 4. The number of nitrogens with zero attached hydrogens (tertiary/aromatic N) is 2. The average Bonchev–Trinajstić information content (AvgIpc) is 2.73. The van der Waals surface area contributed by atoms with Crippen molar-refractivity contribution in [3.05, 3.63) is 0 Å². The van der Waals surface area contributed by atoms with Gasteiger partial charge in [-0.2, -0.15) is 0 Å². The van der Waals surface area contributed by atoms with Crippen LogP contribution in [0.2, 0.25) is 0 Å². The molecule has 0 bridgehead atoms. The second kappa shape index (κ2) is 14.9. The van der Waals surface area contributed by atoms with E-state index in [0.717, 1.165) is 103 Å². The second-order valence-electron chi connectivity index (χ2n) is 8.61. The lowest BCUT2D eigenvalue weighted by Gasteiger charge is -2.34. The monoisotopic (exact) mass is 394 g/mol. The van der Waals surface area contributed by atoms with E-state index in [0.29, 0.717) is 11.8 Å². The lowest BCUT2D eigenvalue weighted by molar-refractivity contribution is -0.141. The molecule has 1 saturated carbocycles. The van der Waals surface area contributed by atoms with Crippen LogP contribution in [0, 0.1) is 11.8 Å². The fraction of sp³-hybridized carbons (Fsp3) is 0.917. The minimum atomic E-state index is 0.137. The van der Waals surface area contributed by atoms with Crippen molar-refractivity contribution in [3.8, 4) is 0 Å². The summed E-state index contributed by atoms with van der Waals surface area (Å²) >= 11 is 0. The molecule has 0 N–H and O–H groups in total. The summed E-state index contributed by atoms with van der Waals surface area (Å²) in [5, 5.41) is 0. The summed E-state index contributed by atoms with van der Waals surface area (Å²) in [4.78, 5) is 30.3. The average molecular weight is 395 g/mol. The van der Waals surface area contributed by atoms with E-state index >= 15 is 0 Å². The third-order valence-electron chi connectivity index (χ3n) is 6.18. The van der Waals surface area contributed by atoms with Crippen molar-refractivity contribution in [3.63, 3.8) is 0 Å². The smallest absolute Gasteiger partial charge is 0.225 e. The number of hydrogen-bond donors (Lipinski definition) is 0. The first-order chi connectivity index (χ1) is 13.6. The molecule has 0 aromatic rings. The predicted octanol–water partition coefficient (Wildman–Crippen LogP) is 5.65. The summed E-state index contributed by atoms with van der Waals surface area (Å²) in [7, 11) is 0. The van der Waals surface area contributed by atoms with Crippen LogP contribution in [0.3, 0.4) is 0 Å². The number of carbonyl (C=O) groups is 2. The summed E-state index contributed by atoms with van der Waals surface area (Å²) in [6, 6.07) is 0. The molecule has 1 rings (SSSR count). The van der Waals surface area contributed by atoms with Gasteiger partial charge in [0.25, 0.3) is 0 Å². The summed E-state index contributed by atoms with van der Waals surface area (Å²) in [6.45, 7) is 12.3. The molecule has 0 heterocycles. The fourth-order valence-electron chi connectivity index (χ4n) is 4.16. The molecule has 1 aliphatic carbocycles. The summed E-state index contributed by atoms with van der Waals surface area (Å²) in [6.07, 6.45) is 12.4. The molecule has 28 heavy (non-hydrogen) atoms. The van der Waals surface area contributed by atoms with Crippen LogP contribution in [-0.4, -0.2) is 47.8 Å². The Labute approximate surface area is 174 Å². The Morgan fingerprint density at radius 1 is 0.571 bits per heavy atom. The van der Waals surface area contributed by atoms with Crippen molar-refractivity contribution < 1.29 is 9.59 Å². The zero-order valence-corrected chi connectivity index (χ0v) is 19.2. The highest BCUT2D eigenvalue weighted by Crippen LogP contribution is 2.31. The Kier molecular flexibility index (Phi) is 13.3. The van der Waals surface area contributed by atoms with E-state index in [1.165, 1.54) is 0 Å². The van der Waals surface area contributed by atoms with Gasteiger partial charge < -0.3 is 9.80 Å². The zero-order valence-electron chi connectivity index (χ0n) is 19.2. The Morgan fingerprint density at radius 3 is 1.04 bits per heavy atom. The molecule has 0 unspecified atom stereocenters. The first kappa shape index (κ1) is 25.0. The lowest BCUT2D eigenvalue weighted by atomic mass is 9.80. The van der Waals surface area contributed by atoms with Crippen molar-refractivity contribution in [2.45, 2.75) is 105 Å². The first-order valence-corrected chi connectivity index (χ1v) is 12.2. The Morgan fingerprint density at radius 2 is 0.821 bits per heavy atom. The topological polar surface area (TPSA) is 40.6 Å². The third-order valence-corrected chi connectivity index (χ3v) is 6.18. The Hall–Kier alpha value is -1.06. The third kappa shape index (κ3) is 8.53. The second-order valence-corrected chi connectivity index (χ2v) is 8.61. The van der Waals surface area contributed by atoms with Gasteiger partial charge in [0.15, 0.2) is 0 Å². The maximum atomic E-state index is 13.0. The molecule has 0 saturated heterocycles. The van der Waals surface area contributed by atoms with Crippen LogP contribution in [0.1, 0.15) is 105 Å². The van der Waals surface area contributed by atoms with Crippen LogP contribution < -0.4 is 0 Å². The van der Waals surface area contributed by atoms with Gasteiger partial charge in [-0.3, -0.25) is 9.59 Å². The molecule has 2 amide bonds. The number of rotatable bonds is 14. The van der Waals surface area contributed by atoms with Crippen molar-refractivity contribution in [1.29, 1.82) is 0 Å². The van der Waals surface area contributed by atoms with Crippen molar-refractivity contribution >= 4 is 11.8 Å². The minimum Gasteiger partial charge on any atom is -0.342 e. The summed E-state index contributed by atoms with van der Waals surface area (Å²) < 4.78 is 0. The van der Waals surface area contributed by atoms with Gasteiger partial charge in [-0.15, -0.1) is 0 Å². The van der Waals surface area contributed by atoms with E-state index < -0.39 is 0 Å². The maximum absolute atomic E-state index is 13.0. The zero-order chi connectivity index (χ0) is 20.8. The highest BCUT2D eigenvalue weighted by atomic mass is 16.2. The molecule has 0 aromatic carbocycles. The van der Waals surface area contributed by atoms with E-state index in [9.17, 15) is 9.59 Å². The summed E-state index contributed by atoms with van der Waals surface area (Å²) in [5.74, 6) is 0.971. The standard InChI is InChI=1S/C24H46N2O2/c1-5-9-17-25(18-10-6-2)23(27)21-13-15-22(16-14-21)24(28)26(19-11-7-3)20-12-8-4/h21-22H,5-20H2,1-4H3. The predicted molar refractivity (Wildman–Crippen MR) is 118 cm³/mol. The van der Waals surface area contributed by atoms with Crippen LogP contribution in [0.25, 0.3) is 0 Å². The first-order valence-electron chi connectivity index (χ1n) is 12.2. The van der Waals surface area contributed by atoms with Crippen LogP contribution in [0.15, 0.2) is 0 Å². The number of amides is 2. The molecular formula is C24H46N2O2. The highest BCUT2D eigenvalue weighted by Gasteiger charge is 2.33. The van der Waals surface area contributed by atoms with E-state index in [-0.39, 0.29) is 11.8 Å². The van der Waals surface area contributed by atoms with Gasteiger partial charge in [0, 0.05) is 38.0 Å².